The molecule has 0 saturated carbocycles. The number of ether oxygens (including phenoxy) is 3. The number of piperidine rings is 1. The van der Waals surface area contributed by atoms with Crippen molar-refractivity contribution in [3.05, 3.63) is 18.2 Å². The number of hydrogen-bond donors (Lipinski definition) is 1. The smallest absolute Gasteiger partial charge is 0.321 e. The summed E-state index contributed by atoms with van der Waals surface area (Å²) in [6.45, 7) is 2.23. The number of anilines is 1. The molecule has 6 nitrogen and oxygen atoms in total. The third-order valence-electron chi connectivity index (χ3n) is 4.28. The van der Waals surface area contributed by atoms with E-state index >= 15 is 0 Å². The lowest BCUT2D eigenvalue weighted by molar-refractivity contribution is 0.0105. The number of thioether (sulfide) groups is 1. The quantitative estimate of drug-likeness (QED) is 0.918. The van der Waals surface area contributed by atoms with E-state index in [0.29, 0.717) is 30.3 Å². The molecule has 2 fully saturated rings. The average molecular weight is 338 g/mol. The highest BCUT2D eigenvalue weighted by atomic mass is 32.2. The van der Waals surface area contributed by atoms with Crippen LogP contribution in [0.15, 0.2) is 18.2 Å². The average Bonchev–Trinajstić information content (AvgIpc) is 3.03. The van der Waals surface area contributed by atoms with Crippen molar-refractivity contribution in [2.24, 2.45) is 0 Å². The fraction of sp³-hybridized carbons (Fsp3) is 0.562. The zero-order valence-corrected chi connectivity index (χ0v) is 14.3. The number of amides is 2. The first-order chi connectivity index (χ1) is 11.2. The van der Waals surface area contributed by atoms with Crippen molar-refractivity contribution in [2.75, 3.05) is 45.0 Å². The first kappa shape index (κ1) is 16.3. The molecule has 0 unspecified atom stereocenters. The van der Waals surface area contributed by atoms with E-state index in [1.54, 1.807) is 32.4 Å². The summed E-state index contributed by atoms with van der Waals surface area (Å²) < 4.78 is 16.3. The minimum Gasteiger partial charge on any atom is -0.497 e. The number of rotatable bonds is 3. The summed E-state index contributed by atoms with van der Waals surface area (Å²) in [4.78, 5) is 14.2. The van der Waals surface area contributed by atoms with Crippen LogP contribution in [0.2, 0.25) is 0 Å². The normalized spacial score (nSPS) is 19.7. The molecule has 0 radical (unpaired) electrons. The highest BCUT2D eigenvalue weighted by molar-refractivity contribution is 8.00. The van der Waals surface area contributed by atoms with Gasteiger partial charge in [0.25, 0.3) is 0 Å². The number of methoxy groups -OCH3 is 2. The third kappa shape index (κ3) is 3.50. The fourth-order valence-corrected chi connectivity index (χ4v) is 4.11. The predicted octanol–water partition coefficient (Wildman–Crippen LogP) is 2.79. The number of carbonyl (C=O) groups is 1. The second kappa shape index (κ2) is 6.88. The Hall–Kier alpha value is -1.60. The van der Waals surface area contributed by atoms with Crippen LogP contribution in [0.4, 0.5) is 10.5 Å². The predicted molar refractivity (Wildman–Crippen MR) is 90.5 cm³/mol. The maximum absolute atomic E-state index is 12.5. The lowest BCUT2D eigenvalue weighted by atomic mass is 10.1. The van der Waals surface area contributed by atoms with Crippen LogP contribution >= 0.6 is 11.8 Å². The Labute approximate surface area is 140 Å². The van der Waals surface area contributed by atoms with Crippen LogP contribution in [0.5, 0.6) is 11.5 Å². The summed E-state index contributed by atoms with van der Waals surface area (Å²) in [7, 11) is 3.17. The van der Waals surface area contributed by atoms with Gasteiger partial charge in [-0.1, -0.05) is 0 Å². The summed E-state index contributed by atoms with van der Waals surface area (Å²) in [5.74, 6) is 2.32. The number of likely N-dealkylation sites (tertiary alicyclic amines) is 1. The second-order valence-corrected chi connectivity index (χ2v) is 7.03. The molecule has 0 bridgehead atoms. The van der Waals surface area contributed by atoms with E-state index in [0.717, 1.165) is 25.2 Å². The molecule has 1 spiro atoms. The van der Waals surface area contributed by atoms with Crippen molar-refractivity contribution in [2.45, 2.75) is 17.8 Å². The molecule has 7 heteroatoms. The van der Waals surface area contributed by atoms with Gasteiger partial charge in [0.1, 0.15) is 16.4 Å². The van der Waals surface area contributed by atoms with Gasteiger partial charge >= 0.3 is 6.03 Å². The van der Waals surface area contributed by atoms with E-state index in [2.05, 4.69) is 5.32 Å². The van der Waals surface area contributed by atoms with Gasteiger partial charge in [-0.25, -0.2) is 4.79 Å². The van der Waals surface area contributed by atoms with E-state index in [9.17, 15) is 4.79 Å². The maximum atomic E-state index is 12.5. The van der Waals surface area contributed by atoms with E-state index < -0.39 is 0 Å². The maximum Gasteiger partial charge on any atom is 0.321 e. The molecule has 0 aromatic heterocycles. The number of nitrogens with zero attached hydrogens (tertiary/aromatic N) is 1. The highest BCUT2D eigenvalue weighted by Crippen LogP contribution is 2.41. The first-order valence-electron chi connectivity index (χ1n) is 7.72. The zero-order chi connectivity index (χ0) is 16.3. The van der Waals surface area contributed by atoms with Gasteiger partial charge in [-0.2, -0.15) is 0 Å². The van der Waals surface area contributed by atoms with Gasteiger partial charge in [0.15, 0.2) is 0 Å². The Kier molecular flexibility index (Phi) is 4.87. The standard InChI is InChI=1S/C16H22N2O4S/c1-20-12-3-4-13(14(11-12)21-2)17-15(19)18-7-5-16(6-8-18)22-9-10-23-16/h3-4,11H,5-10H2,1-2H3,(H,17,19). The lowest BCUT2D eigenvalue weighted by Crippen LogP contribution is -2.46. The SMILES string of the molecule is COc1ccc(NC(=O)N2CCC3(CC2)OCCS3)c(OC)c1. The van der Waals surface area contributed by atoms with Crippen molar-refractivity contribution in [1.82, 2.24) is 4.90 Å². The summed E-state index contributed by atoms with van der Waals surface area (Å²) in [6.07, 6.45) is 1.76. The van der Waals surface area contributed by atoms with Crippen molar-refractivity contribution in [1.29, 1.82) is 0 Å². The minimum atomic E-state index is -0.105. The van der Waals surface area contributed by atoms with Crippen molar-refractivity contribution < 1.29 is 19.0 Å². The number of nitrogens with one attached hydrogen (secondary N) is 1. The van der Waals surface area contributed by atoms with Crippen LogP contribution < -0.4 is 14.8 Å². The Morgan fingerprint density at radius 2 is 2.09 bits per heavy atom. The van der Waals surface area contributed by atoms with E-state index in [1.165, 1.54) is 0 Å². The Balaban J connectivity index is 1.61. The summed E-state index contributed by atoms with van der Waals surface area (Å²) in [5.41, 5.74) is 0.644. The van der Waals surface area contributed by atoms with Gasteiger partial charge in [0.05, 0.1) is 26.5 Å². The molecule has 2 amide bonds. The molecule has 126 valence electrons. The van der Waals surface area contributed by atoms with Crippen LogP contribution in [0.3, 0.4) is 0 Å². The molecule has 1 N–H and O–H groups in total. The molecule has 0 atom stereocenters. The molecule has 0 aliphatic carbocycles. The largest absolute Gasteiger partial charge is 0.497 e. The van der Waals surface area contributed by atoms with Crippen LogP contribution in [0.25, 0.3) is 0 Å². The number of hydrogen-bond acceptors (Lipinski definition) is 5. The van der Waals surface area contributed by atoms with E-state index in [1.807, 2.05) is 16.7 Å². The van der Waals surface area contributed by atoms with Gasteiger partial charge in [-0.3, -0.25) is 0 Å². The summed E-state index contributed by atoms with van der Waals surface area (Å²) >= 11 is 1.88. The monoisotopic (exact) mass is 338 g/mol. The Morgan fingerprint density at radius 1 is 1.30 bits per heavy atom. The zero-order valence-electron chi connectivity index (χ0n) is 13.5. The molecule has 1 aromatic rings. The van der Waals surface area contributed by atoms with Crippen molar-refractivity contribution in [3.63, 3.8) is 0 Å². The van der Waals surface area contributed by atoms with Gasteiger partial charge in [-0.15, -0.1) is 11.8 Å². The molecular weight excluding hydrogens is 316 g/mol. The fourth-order valence-electron chi connectivity index (χ4n) is 2.93. The van der Waals surface area contributed by atoms with Gasteiger partial charge in [-0.05, 0) is 12.1 Å². The lowest BCUT2D eigenvalue weighted by Gasteiger charge is -2.37. The minimum absolute atomic E-state index is 0.0609. The van der Waals surface area contributed by atoms with Gasteiger partial charge in [0.2, 0.25) is 0 Å². The van der Waals surface area contributed by atoms with Crippen molar-refractivity contribution >= 4 is 23.5 Å². The van der Waals surface area contributed by atoms with Crippen LogP contribution in [-0.4, -0.2) is 55.5 Å². The Bertz CT molecular complexity index is 565. The molecule has 23 heavy (non-hydrogen) atoms. The summed E-state index contributed by atoms with van der Waals surface area (Å²) in [5, 5.41) is 2.92. The molecule has 2 aliphatic heterocycles. The number of benzene rings is 1. The first-order valence-corrected chi connectivity index (χ1v) is 8.70. The van der Waals surface area contributed by atoms with E-state index in [-0.39, 0.29) is 11.0 Å². The van der Waals surface area contributed by atoms with E-state index in [4.69, 9.17) is 14.2 Å². The van der Waals surface area contributed by atoms with Crippen LogP contribution in [-0.2, 0) is 4.74 Å². The molecule has 2 aliphatic rings. The van der Waals surface area contributed by atoms with Crippen molar-refractivity contribution in [3.8, 4) is 11.5 Å². The summed E-state index contributed by atoms with van der Waals surface area (Å²) in [6, 6.07) is 5.24. The van der Waals surface area contributed by atoms with Gasteiger partial charge in [0, 0.05) is 37.8 Å². The molecule has 3 rings (SSSR count). The highest BCUT2D eigenvalue weighted by Gasteiger charge is 2.40. The third-order valence-corrected chi connectivity index (χ3v) is 5.70. The molecule has 2 saturated heterocycles. The van der Waals surface area contributed by atoms with Gasteiger partial charge < -0.3 is 24.4 Å². The van der Waals surface area contributed by atoms with Crippen LogP contribution in [0.1, 0.15) is 12.8 Å². The molecule has 2 heterocycles. The molecular formula is C16H22N2O4S. The second-order valence-electron chi connectivity index (χ2n) is 5.59. The van der Waals surface area contributed by atoms with Crippen LogP contribution in [0, 0.1) is 0 Å². The number of urea groups is 1. The molecule has 1 aromatic carbocycles. The topological polar surface area (TPSA) is 60.0 Å². The number of carbonyl (C=O) groups excluding carboxylic acids is 1. The Morgan fingerprint density at radius 3 is 2.70 bits per heavy atom.